The minimum Gasteiger partial charge on any atom is -0.490 e. The summed E-state index contributed by atoms with van der Waals surface area (Å²) >= 11 is 20.2. The molecule has 5 nitrogen and oxygen atoms in total. The van der Waals surface area contributed by atoms with Crippen LogP contribution < -0.4 is 9.47 Å². The summed E-state index contributed by atoms with van der Waals surface area (Å²) in [4.78, 5) is 26.8. The Bertz CT molecular complexity index is 1300. The van der Waals surface area contributed by atoms with Crippen molar-refractivity contribution in [3.05, 3.63) is 95.7 Å². The Kier molecular flexibility index (Phi) is 8.83. The van der Waals surface area contributed by atoms with Gasteiger partial charge in [-0.05, 0) is 85.6 Å². The molecule has 4 rings (SSSR count). The maximum Gasteiger partial charge on any atom is 0.293 e. The van der Waals surface area contributed by atoms with Crippen LogP contribution >= 0.6 is 66.8 Å². The van der Waals surface area contributed by atoms with Crippen LogP contribution in [0.15, 0.2) is 74.5 Å². The number of nitrogens with zero attached hydrogens (tertiary/aromatic N) is 1. The molecule has 3 aromatic rings. The SMILES string of the molecule is O=C1S/C(=C\c2cc(Br)c(OCc3ccccc3Cl)c(Br)c2)C(=O)N1CCOc1ccccc1Cl. The Hall–Kier alpha value is -1.97. The number of thioether (sulfide) groups is 1. The summed E-state index contributed by atoms with van der Waals surface area (Å²) in [5, 5.41) is 0.753. The molecule has 10 heteroatoms. The molecule has 0 aromatic heterocycles. The summed E-state index contributed by atoms with van der Waals surface area (Å²) in [7, 11) is 0. The molecule has 0 unspecified atom stereocenters. The number of halogens is 4. The van der Waals surface area contributed by atoms with Crippen LogP contribution in [0.2, 0.25) is 10.0 Å². The fourth-order valence-corrected chi connectivity index (χ4v) is 5.92. The van der Waals surface area contributed by atoms with Crippen LogP contribution in [0.3, 0.4) is 0 Å². The second kappa shape index (κ2) is 11.8. The van der Waals surface area contributed by atoms with Crippen LogP contribution in [0.4, 0.5) is 4.79 Å². The van der Waals surface area contributed by atoms with Gasteiger partial charge in [-0.1, -0.05) is 53.5 Å². The number of ether oxygens (including phenoxy) is 2. The fraction of sp³-hybridized carbons (Fsp3) is 0.120. The van der Waals surface area contributed by atoms with Crippen molar-refractivity contribution in [3.63, 3.8) is 0 Å². The molecule has 3 aromatic carbocycles. The molecular formula is C25H17Br2Cl2NO4S. The molecule has 0 radical (unpaired) electrons. The molecule has 0 saturated carbocycles. The van der Waals surface area contributed by atoms with Crippen LogP contribution in [0.25, 0.3) is 6.08 Å². The normalized spacial score (nSPS) is 14.6. The van der Waals surface area contributed by atoms with E-state index in [1.165, 1.54) is 4.90 Å². The van der Waals surface area contributed by atoms with Crippen LogP contribution in [0, 0.1) is 0 Å². The second-order valence-electron chi connectivity index (χ2n) is 7.31. The first-order valence-corrected chi connectivity index (χ1v) is 13.5. The van der Waals surface area contributed by atoms with Crippen molar-refractivity contribution >= 4 is 84.0 Å². The van der Waals surface area contributed by atoms with Gasteiger partial charge in [0.1, 0.15) is 24.7 Å². The molecule has 180 valence electrons. The van der Waals surface area contributed by atoms with E-state index in [0.29, 0.717) is 42.0 Å². The summed E-state index contributed by atoms with van der Waals surface area (Å²) in [5.74, 6) is 0.740. The zero-order chi connectivity index (χ0) is 24.9. The van der Waals surface area contributed by atoms with Crippen molar-refractivity contribution < 1.29 is 19.1 Å². The Morgan fingerprint density at radius 1 is 0.914 bits per heavy atom. The number of carbonyl (C=O) groups is 2. The van der Waals surface area contributed by atoms with Crippen molar-refractivity contribution in [1.29, 1.82) is 0 Å². The van der Waals surface area contributed by atoms with E-state index < -0.39 is 0 Å². The van der Waals surface area contributed by atoms with E-state index in [9.17, 15) is 9.59 Å². The highest BCUT2D eigenvalue weighted by Crippen LogP contribution is 2.38. The van der Waals surface area contributed by atoms with Crippen molar-refractivity contribution in [2.24, 2.45) is 0 Å². The lowest BCUT2D eigenvalue weighted by Crippen LogP contribution is -2.32. The molecule has 35 heavy (non-hydrogen) atoms. The van der Waals surface area contributed by atoms with E-state index in [0.717, 1.165) is 22.9 Å². The first-order chi connectivity index (χ1) is 16.8. The van der Waals surface area contributed by atoms with Gasteiger partial charge in [-0.25, -0.2) is 0 Å². The van der Waals surface area contributed by atoms with E-state index in [2.05, 4.69) is 31.9 Å². The highest BCUT2D eigenvalue weighted by molar-refractivity contribution is 9.11. The molecule has 2 amide bonds. The summed E-state index contributed by atoms with van der Waals surface area (Å²) in [6, 6.07) is 18.1. The first kappa shape index (κ1) is 26.1. The maximum absolute atomic E-state index is 12.8. The first-order valence-electron chi connectivity index (χ1n) is 10.3. The zero-order valence-electron chi connectivity index (χ0n) is 18.0. The zero-order valence-corrected chi connectivity index (χ0v) is 23.5. The summed E-state index contributed by atoms with van der Waals surface area (Å²) < 4.78 is 12.9. The quantitative estimate of drug-likeness (QED) is 0.229. The third-order valence-electron chi connectivity index (χ3n) is 4.93. The fourth-order valence-electron chi connectivity index (χ4n) is 3.22. The Balaban J connectivity index is 1.42. The number of rotatable bonds is 8. The molecule has 0 aliphatic carbocycles. The second-order valence-corrected chi connectivity index (χ2v) is 10.8. The van der Waals surface area contributed by atoms with Gasteiger partial charge in [0.2, 0.25) is 0 Å². The van der Waals surface area contributed by atoms with Crippen molar-refractivity contribution in [2.45, 2.75) is 6.61 Å². The molecule has 1 heterocycles. The van der Waals surface area contributed by atoms with Gasteiger partial charge in [0, 0.05) is 10.6 Å². The number of amides is 2. The van der Waals surface area contributed by atoms with E-state index in [4.69, 9.17) is 32.7 Å². The topological polar surface area (TPSA) is 55.8 Å². The number of hydrogen-bond acceptors (Lipinski definition) is 5. The lowest BCUT2D eigenvalue weighted by molar-refractivity contribution is -0.123. The predicted octanol–water partition coefficient (Wildman–Crippen LogP) is 8.21. The molecule has 0 bridgehead atoms. The number of carbonyl (C=O) groups excluding carboxylic acids is 2. The Morgan fingerprint density at radius 3 is 2.26 bits per heavy atom. The smallest absolute Gasteiger partial charge is 0.293 e. The number of para-hydroxylation sites is 1. The van der Waals surface area contributed by atoms with Crippen LogP contribution in [-0.2, 0) is 11.4 Å². The lowest BCUT2D eigenvalue weighted by Gasteiger charge is -2.14. The van der Waals surface area contributed by atoms with E-state index >= 15 is 0 Å². The molecule has 0 spiro atoms. The molecule has 0 N–H and O–H groups in total. The van der Waals surface area contributed by atoms with Crippen LogP contribution in [0.5, 0.6) is 11.5 Å². The summed E-state index contributed by atoms with van der Waals surface area (Å²) in [6.07, 6.45) is 1.67. The highest BCUT2D eigenvalue weighted by Gasteiger charge is 2.35. The number of benzene rings is 3. The van der Waals surface area contributed by atoms with E-state index in [1.54, 1.807) is 30.3 Å². The van der Waals surface area contributed by atoms with Gasteiger partial charge in [0.05, 0.1) is 25.4 Å². The minimum atomic E-state index is -0.367. The predicted molar refractivity (Wildman–Crippen MR) is 147 cm³/mol. The highest BCUT2D eigenvalue weighted by atomic mass is 79.9. The van der Waals surface area contributed by atoms with E-state index in [-0.39, 0.29) is 24.3 Å². The molecule has 1 aliphatic heterocycles. The van der Waals surface area contributed by atoms with Gasteiger partial charge in [0.25, 0.3) is 11.1 Å². The van der Waals surface area contributed by atoms with Crippen molar-refractivity contribution in [1.82, 2.24) is 4.90 Å². The van der Waals surface area contributed by atoms with Crippen LogP contribution in [0.1, 0.15) is 11.1 Å². The van der Waals surface area contributed by atoms with Gasteiger partial charge in [-0.15, -0.1) is 0 Å². The third kappa shape index (κ3) is 6.43. The van der Waals surface area contributed by atoms with Crippen molar-refractivity contribution in [3.8, 4) is 11.5 Å². The van der Waals surface area contributed by atoms with Gasteiger partial charge in [-0.2, -0.15) is 0 Å². The monoisotopic (exact) mass is 655 g/mol. The average molecular weight is 658 g/mol. The standard InChI is InChI=1S/C25H17Br2Cl2NO4S/c26-17-11-15(12-18(27)23(17)34-14-16-5-1-2-6-19(16)28)13-22-24(31)30(25(32)35-22)9-10-33-21-8-4-3-7-20(21)29/h1-8,11-13H,9-10,14H2/b22-13-. The maximum atomic E-state index is 12.8. The van der Waals surface area contributed by atoms with Gasteiger partial charge in [-0.3, -0.25) is 14.5 Å². The third-order valence-corrected chi connectivity index (χ3v) is 7.70. The molecule has 1 fully saturated rings. The molecule has 1 saturated heterocycles. The van der Waals surface area contributed by atoms with Crippen molar-refractivity contribution in [2.75, 3.05) is 13.2 Å². The Morgan fingerprint density at radius 2 is 1.57 bits per heavy atom. The summed E-state index contributed by atoms with van der Waals surface area (Å²) in [6.45, 7) is 0.560. The summed E-state index contributed by atoms with van der Waals surface area (Å²) in [5.41, 5.74) is 1.59. The molecule has 0 atom stereocenters. The van der Waals surface area contributed by atoms with Gasteiger partial charge >= 0.3 is 0 Å². The van der Waals surface area contributed by atoms with Gasteiger partial charge < -0.3 is 9.47 Å². The lowest BCUT2D eigenvalue weighted by atomic mass is 10.2. The van der Waals surface area contributed by atoms with E-state index in [1.807, 2.05) is 36.4 Å². The number of imide groups is 1. The van der Waals surface area contributed by atoms with Gasteiger partial charge in [0.15, 0.2) is 0 Å². The van der Waals surface area contributed by atoms with Crippen LogP contribution in [-0.4, -0.2) is 29.2 Å². The Labute approximate surface area is 233 Å². The minimum absolute atomic E-state index is 0.120. The largest absolute Gasteiger partial charge is 0.490 e. The number of hydrogen-bond donors (Lipinski definition) is 0. The molecule has 1 aliphatic rings. The molecular weight excluding hydrogens is 641 g/mol. The average Bonchev–Trinajstić information content (AvgIpc) is 3.08.